The molecule has 19 rings (SSSR count). The molecule has 4 heterocycles. The second kappa shape index (κ2) is 62.9. The molecular weight excluding hydrogens is 2180 g/mol. The van der Waals surface area contributed by atoms with Crippen LogP contribution in [0.25, 0.3) is 28.2 Å². The number of phenolic OH excluding ortho intramolecular Hbond substituents is 2. The van der Waals surface area contributed by atoms with E-state index in [-0.39, 0.29) is 165 Å². The van der Waals surface area contributed by atoms with Gasteiger partial charge in [0, 0.05) is 75.9 Å². The summed E-state index contributed by atoms with van der Waals surface area (Å²) in [7, 11) is 1.55. The second-order valence-electron chi connectivity index (χ2n) is 46.7. The maximum absolute atomic E-state index is 10.5. The zero-order chi connectivity index (χ0) is 98.4. The van der Waals surface area contributed by atoms with E-state index in [1.165, 1.54) is 219 Å². The van der Waals surface area contributed by atoms with Crippen LogP contribution in [0.4, 0.5) is 11.4 Å². The Kier molecular flexibility index (Phi) is 58.0. The number of likely N-dealkylation sites (tertiary alicyclic amines) is 4. The summed E-state index contributed by atoms with van der Waals surface area (Å²) in [5, 5.41) is 23.6. The molecule has 18 heteroatoms. The van der Waals surface area contributed by atoms with Gasteiger partial charge in [-0.05, 0) is 264 Å². The summed E-state index contributed by atoms with van der Waals surface area (Å²) in [6, 6.07) is 62.2. The first-order valence-corrected chi connectivity index (χ1v) is 65.6. The molecule has 16 atom stereocenters. The van der Waals surface area contributed by atoms with Gasteiger partial charge in [-0.1, -0.05) is 335 Å². The van der Waals surface area contributed by atoms with Crippen molar-refractivity contribution in [3.63, 3.8) is 0 Å². The Morgan fingerprint density at radius 1 is 0.338 bits per heavy atom. The summed E-state index contributed by atoms with van der Waals surface area (Å²) in [6.45, 7) is 61.9. The monoisotopic (exact) mass is 2370 g/mol. The number of anilines is 2. The van der Waals surface area contributed by atoms with E-state index in [1.54, 1.807) is 0 Å². The van der Waals surface area contributed by atoms with Gasteiger partial charge in [0.25, 0.3) is 0 Å². The molecular formula is C127H192ErLaN8O2Sc2Si4-4. The first kappa shape index (κ1) is 134. The van der Waals surface area contributed by atoms with Gasteiger partial charge in [0.2, 0.25) is 0 Å². The number of para-hydroxylation sites is 4. The molecule has 7 aromatic rings. The molecule has 12 aliphatic rings. The van der Waals surface area contributed by atoms with Gasteiger partial charge in [-0.25, -0.2) is 0 Å². The molecule has 10 fully saturated rings. The maximum atomic E-state index is 10.5. The van der Waals surface area contributed by atoms with Crippen LogP contribution in [0.1, 0.15) is 216 Å². The first-order valence-electron chi connectivity index (χ1n) is 53.4. The van der Waals surface area contributed by atoms with Crippen LogP contribution in [0.3, 0.4) is 0 Å². The van der Waals surface area contributed by atoms with Crippen molar-refractivity contribution in [1.82, 2.24) is 19.6 Å². The maximum Gasteiger partial charge on any atom is 3.00 e. The quantitative estimate of drug-likeness (QED) is 0.0530. The Balaban J connectivity index is 0.000000350. The number of allylic oxidation sites excluding steroid dienone is 7. The zero-order valence-electron chi connectivity index (χ0n) is 94.5. The molecule has 0 spiro atoms. The molecule has 0 aromatic heterocycles. The van der Waals surface area contributed by atoms with E-state index >= 15 is 0 Å². The third-order valence-corrected chi connectivity index (χ3v) is 49.2. The molecule has 7 aromatic carbocycles. The zero-order valence-corrected chi connectivity index (χ0v) is 108. The average Bonchev–Trinajstić information content (AvgIpc) is 1.58. The van der Waals surface area contributed by atoms with Crippen molar-refractivity contribution in [3.8, 4) is 11.5 Å². The largest absolute Gasteiger partial charge is 3.00 e. The van der Waals surface area contributed by atoms with Crippen LogP contribution in [0.15, 0.2) is 231 Å². The van der Waals surface area contributed by atoms with Crippen LogP contribution in [-0.2, 0) is 51.7 Å². The fourth-order valence-electron chi connectivity index (χ4n) is 27.2. The summed E-state index contributed by atoms with van der Waals surface area (Å²) in [4.78, 5) is 26.0. The summed E-state index contributed by atoms with van der Waals surface area (Å²) in [5.41, 5.74) is 13.7. The van der Waals surface area contributed by atoms with Crippen LogP contribution in [0.5, 0.6) is 11.5 Å². The minimum Gasteiger partial charge on any atom is -0.660 e. The van der Waals surface area contributed by atoms with Gasteiger partial charge in [-0.3, -0.25) is 9.80 Å². The Bertz CT molecular complexity index is 4820. The molecule has 0 amide bonds. The number of rotatable bonds is 17. The summed E-state index contributed by atoms with van der Waals surface area (Å²) in [5.74, 6) is 7.68. The van der Waals surface area contributed by atoms with Crippen molar-refractivity contribution in [1.29, 1.82) is 0 Å². The van der Waals surface area contributed by atoms with E-state index in [9.17, 15) is 10.2 Å². The van der Waals surface area contributed by atoms with Gasteiger partial charge in [-0.15, -0.1) is 70.8 Å². The van der Waals surface area contributed by atoms with Crippen LogP contribution in [0.2, 0.25) is 74.5 Å². The fraction of sp³-hybridized carbons (Fsp3) is 0.512. The average molecular weight is 2370 g/mol. The van der Waals surface area contributed by atoms with E-state index in [1.807, 2.05) is 156 Å². The van der Waals surface area contributed by atoms with Crippen molar-refractivity contribution < 1.29 is 135 Å². The summed E-state index contributed by atoms with van der Waals surface area (Å²) < 4.78 is 0. The first-order chi connectivity index (χ1) is 65.4. The number of nitrogens with zero attached hydrogens (tertiary/aromatic N) is 8. The minimum atomic E-state index is -1.67. The van der Waals surface area contributed by atoms with Crippen LogP contribution >= 0.6 is 0 Å². The Labute approximate surface area is 988 Å². The van der Waals surface area contributed by atoms with Crippen LogP contribution in [0, 0.1) is 178 Å². The Morgan fingerprint density at radius 2 is 0.614 bits per heavy atom. The molecule has 2 N–H and O–H groups in total. The van der Waals surface area contributed by atoms with E-state index < -0.39 is 32.6 Å². The molecule has 4 aliphatic heterocycles. The van der Waals surface area contributed by atoms with Gasteiger partial charge in [0.05, 0.1) is 16.1 Å². The van der Waals surface area contributed by atoms with Gasteiger partial charge >= 0.3 is 72.9 Å². The molecule has 0 bridgehead atoms. The van der Waals surface area contributed by atoms with Crippen molar-refractivity contribution in [3.05, 3.63) is 337 Å². The summed E-state index contributed by atoms with van der Waals surface area (Å²) in [6.07, 6.45) is 55.6. The third-order valence-electron chi connectivity index (χ3n) is 33.2. The van der Waals surface area contributed by atoms with Crippen LogP contribution < -0.4 is 20.2 Å². The number of fused-ring (bicyclic) bond motifs is 4. The van der Waals surface area contributed by atoms with Crippen molar-refractivity contribution in [2.24, 2.45) is 47.3 Å². The molecule has 145 heavy (non-hydrogen) atoms. The van der Waals surface area contributed by atoms with E-state index in [4.69, 9.17) is 9.96 Å². The molecule has 16 unspecified atom stereocenters. The minimum absolute atomic E-state index is 0. The number of hydrogen-bond acceptors (Lipinski definition) is 8. The third kappa shape index (κ3) is 36.8. The molecule has 793 valence electrons. The normalized spacial score (nSPS) is 25.5. The Morgan fingerprint density at radius 3 is 0.917 bits per heavy atom. The van der Waals surface area contributed by atoms with E-state index in [2.05, 4.69) is 279 Å². The van der Waals surface area contributed by atoms with E-state index in [0.29, 0.717) is 11.5 Å². The second-order valence-corrected chi connectivity index (χ2v) is 64.7. The molecule has 6 saturated carbocycles. The van der Waals surface area contributed by atoms with Gasteiger partial charge in [0.1, 0.15) is 11.5 Å². The van der Waals surface area contributed by atoms with Gasteiger partial charge in [0.15, 0.2) is 0 Å². The fourth-order valence-corrected chi connectivity index (χ4v) is 43.1. The predicted octanol–water partition coefficient (Wildman–Crippen LogP) is 31.2. The molecule has 3 radical (unpaired) electrons. The van der Waals surface area contributed by atoms with Crippen molar-refractivity contribution in [2.75, 3.05) is 90.3 Å². The molecule has 4 saturated heterocycles. The standard InChI is InChI=1S/2C21H33NOSi.2C19H33N2Si.C15H13.C10H11.2C9H12N.4CH3.Er.La.2Sc/c2*1-24(2,20-12-6-5-11-19(20)23)21-15-18(22-13-7-8-14-22)16-9-3-4-10-17(16)21;2*1-19(2,3)20-22(4,5)18-14-17(21-12-8-9-13-21)15-10-6-7-11-16(15)18;1-13-7-5-6-10-15(13)12-11-14-8-3-2-4-9-14;1-3-6-10-8-5-4-7-9(10)2;2*1-8-6-4-5-7-9(8)10(2)3;;;;;;;;/h2*5-6,11-12,16-18,21,23H,3-4,7-10,13-15H2,1-2H3;2*6-7,10-11,15-18H,8-9,12-14H2,1-5H3;2-12H,1H2;3-8H,2H2,1H3;2*4-7H,1H2,2-3H3;4*1H3;;;;/q;;10*-1;2*+3;;/b;;;;12-11-;6-3-;;;;;;;;;;. The smallest absolute Gasteiger partial charge is 0.660 e. The van der Waals surface area contributed by atoms with E-state index in [0.717, 1.165) is 116 Å². The van der Waals surface area contributed by atoms with Crippen molar-refractivity contribution in [2.45, 2.75) is 287 Å². The number of phenols is 2. The van der Waals surface area contributed by atoms with Crippen molar-refractivity contribution >= 4 is 72.6 Å². The molecule has 10 nitrogen and oxygen atoms in total. The van der Waals surface area contributed by atoms with Gasteiger partial charge in [-0.2, -0.15) is 74.2 Å². The topological polar surface area (TPSA) is 88.1 Å². The predicted molar refractivity (Wildman–Crippen MR) is 633 cm³/mol. The number of aromatic hydroxyl groups is 2. The van der Waals surface area contributed by atoms with Gasteiger partial charge < -0.3 is 69.5 Å². The molecule has 8 aliphatic carbocycles. The SMILES string of the molecule is CC(C)(C)[N-][Si](C)(C)C1CC(N2CCCC2)C2C=CC=CC21.CC(C)(C)[N-][Si](C)(C)C1CC(N2CCCC2)C2C=CC=CC21.C[Si](C)(c1ccccc1O)C1CC(N2CCCC2)C2CCCCC21.C[Si](C)(c1ccccc1O)C1CC(N2CCCC2)C2CCCCC21.[CH2-]c1ccccc1/C=C\C.[CH2-]c1ccccc1/C=C\c1ccccc1.[CH2-]c1ccccc1N(C)C.[CH2-]c1ccccc1N(C)C.[CH3-].[CH3-].[CH3-].[CH3-].[Er+3].[La+3].[Sc].[Sc]. The Hall–Kier alpha value is -3.53. The van der Waals surface area contributed by atoms with Crippen LogP contribution in [-0.4, -0.2) is 178 Å². The summed E-state index contributed by atoms with van der Waals surface area (Å²) >= 11 is 0. The number of benzene rings is 7. The number of hydrogen-bond donors (Lipinski definition) is 2.